The fourth-order valence-electron chi connectivity index (χ4n) is 1.85. The molecule has 4 nitrogen and oxygen atoms in total. The minimum Gasteiger partial charge on any atom is -0.355 e. The third-order valence-corrected chi connectivity index (χ3v) is 3.60. The van der Waals surface area contributed by atoms with Gasteiger partial charge in [0.25, 0.3) is 0 Å². The summed E-state index contributed by atoms with van der Waals surface area (Å²) in [6.45, 7) is 2.10. The molecule has 2 heterocycles. The molecule has 1 unspecified atom stereocenters. The van der Waals surface area contributed by atoms with Gasteiger partial charge in [0.2, 0.25) is 0 Å². The van der Waals surface area contributed by atoms with Gasteiger partial charge in [0.05, 0.1) is 17.9 Å². The zero-order valence-corrected chi connectivity index (χ0v) is 11.3. The first-order valence-corrected chi connectivity index (χ1v) is 6.97. The van der Waals surface area contributed by atoms with Gasteiger partial charge in [0.15, 0.2) is 5.13 Å². The molecule has 0 bridgehead atoms. The maximum Gasteiger partial charge on any atom is 0.183 e. The average Bonchev–Trinajstić information content (AvgIpc) is 3.10. The molecule has 0 amide bonds. The number of para-hydroxylation sites is 1. The van der Waals surface area contributed by atoms with Crippen molar-refractivity contribution in [3.63, 3.8) is 0 Å². The highest BCUT2D eigenvalue weighted by molar-refractivity contribution is 7.13. The first kappa shape index (κ1) is 11.9. The number of nitrogens with one attached hydrogen (secondary N) is 1. The average molecular weight is 270 g/mol. The molecular formula is C14H14N4S. The van der Waals surface area contributed by atoms with Crippen molar-refractivity contribution >= 4 is 16.5 Å². The van der Waals surface area contributed by atoms with Gasteiger partial charge in [-0.2, -0.15) is 5.10 Å². The van der Waals surface area contributed by atoms with Crippen LogP contribution >= 0.6 is 11.3 Å². The van der Waals surface area contributed by atoms with Crippen molar-refractivity contribution in [3.05, 3.63) is 59.9 Å². The first-order valence-electron chi connectivity index (χ1n) is 6.09. The number of nitrogens with zero attached hydrogens (tertiary/aromatic N) is 3. The second-order valence-electron chi connectivity index (χ2n) is 4.26. The molecule has 3 aromatic rings. The van der Waals surface area contributed by atoms with E-state index in [9.17, 15) is 0 Å². The van der Waals surface area contributed by atoms with Gasteiger partial charge in [-0.25, -0.2) is 9.67 Å². The van der Waals surface area contributed by atoms with Gasteiger partial charge >= 0.3 is 0 Å². The predicted octanol–water partition coefficient (Wildman–Crippen LogP) is 3.50. The number of aromatic nitrogens is 3. The van der Waals surface area contributed by atoms with Gasteiger partial charge in [0, 0.05) is 23.3 Å². The Labute approximate surface area is 115 Å². The van der Waals surface area contributed by atoms with Crippen molar-refractivity contribution in [1.29, 1.82) is 0 Å². The van der Waals surface area contributed by atoms with Crippen molar-refractivity contribution in [2.75, 3.05) is 5.32 Å². The van der Waals surface area contributed by atoms with Gasteiger partial charge in [-0.15, -0.1) is 11.3 Å². The Balaban J connectivity index is 1.78. The summed E-state index contributed by atoms with van der Waals surface area (Å²) in [4.78, 5) is 4.23. The predicted molar refractivity (Wildman–Crippen MR) is 77.7 cm³/mol. The Morgan fingerprint density at radius 1 is 1.26 bits per heavy atom. The van der Waals surface area contributed by atoms with Gasteiger partial charge in [0.1, 0.15) is 0 Å². The van der Waals surface area contributed by atoms with E-state index in [2.05, 4.69) is 22.3 Å². The monoisotopic (exact) mass is 270 g/mol. The molecule has 0 fully saturated rings. The maximum absolute atomic E-state index is 4.40. The van der Waals surface area contributed by atoms with Crippen LogP contribution in [0.3, 0.4) is 0 Å². The van der Waals surface area contributed by atoms with Crippen LogP contribution in [0, 0.1) is 0 Å². The van der Waals surface area contributed by atoms with Crippen LogP contribution in [-0.2, 0) is 0 Å². The fourth-order valence-corrected chi connectivity index (χ4v) is 2.46. The number of hydrogen-bond acceptors (Lipinski definition) is 4. The van der Waals surface area contributed by atoms with E-state index >= 15 is 0 Å². The Morgan fingerprint density at radius 2 is 2.11 bits per heavy atom. The van der Waals surface area contributed by atoms with Crippen LogP contribution < -0.4 is 5.32 Å². The van der Waals surface area contributed by atoms with Crippen molar-refractivity contribution in [1.82, 2.24) is 14.8 Å². The fraction of sp³-hybridized carbons (Fsp3) is 0.143. The molecule has 0 aliphatic carbocycles. The molecule has 1 atom stereocenters. The zero-order chi connectivity index (χ0) is 13.1. The first-order chi connectivity index (χ1) is 9.33. The summed E-state index contributed by atoms with van der Waals surface area (Å²) >= 11 is 1.60. The quantitative estimate of drug-likeness (QED) is 0.789. The number of thiazole rings is 1. The summed E-state index contributed by atoms with van der Waals surface area (Å²) in [5.74, 6) is 0. The molecular weight excluding hydrogens is 256 g/mol. The van der Waals surface area contributed by atoms with Crippen LogP contribution in [0.4, 0.5) is 5.13 Å². The number of anilines is 1. The summed E-state index contributed by atoms with van der Waals surface area (Å²) < 4.78 is 1.88. The molecule has 2 aromatic heterocycles. The molecule has 3 rings (SSSR count). The highest BCUT2D eigenvalue weighted by atomic mass is 32.1. The lowest BCUT2D eigenvalue weighted by molar-refractivity contribution is 0.867. The minimum absolute atomic E-state index is 0.184. The van der Waals surface area contributed by atoms with Crippen LogP contribution in [0.5, 0.6) is 0 Å². The summed E-state index contributed by atoms with van der Waals surface area (Å²) in [6, 6.07) is 10.3. The van der Waals surface area contributed by atoms with E-state index in [0.717, 1.165) is 16.4 Å². The summed E-state index contributed by atoms with van der Waals surface area (Å²) in [7, 11) is 0. The van der Waals surface area contributed by atoms with Crippen LogP contribution in [-0.4, -0.2) is 14.8 Å². The second-order valence-corrected chi connectivity index (χ2v) is 5.15. The molecule has 19 heavy (non-hydrogen) atoms. The largest absolute Gasteiger partial charge is 0.355 e. The third-order valence-electron chi connectivity index (χ3n) is 2.90. The molecule has 0 aliphatic heterocycles. The van der Waals surface area contributed by atoms with E-state index in [4.69, 9.17) is 0 Å². The van der Waals surface area contributed by atoms with Crippen LogP contribution in [0.25, 0.3) is 5.69 Å². The van der Waals surface area contributed by atoms with E-state index in [1.54, 1.807) is 17.5 Å². The smallest absolute Gasteiger partial charge is 0.183 e. The standard InChI is InChI=1S/C14H14N4S/c1-11(17-14-15-7-8-19-14)12-9-16-18(10-12)13-5-3-2-4-6-13/h2-11H,1H3,(H,15,17). The van der Waals surface area contributed by atoms with E-state index in [1.165, 1.54) is 0 Å². The summed E-state index contributed by atoms with van der Waals surface area (Å²) in [5.41, 5.74) is 2.20. The molecule has 1 aromatic carbocycles. The van der Waals surface area contributed by atoms with Gasteiger partial charge in [-0.3, -0.25) is 0 Å². The Kier molecular flexibility index (Phi) is 3.29. The highest BCUT2D eigenvalue weighted by Crippen LogP contribution is 2.21. The van der Waals surface area contributed by atoms with Crippen molar-refractivity contribution in [3.8, 4) is 5.69 Å². The maximum atomic E-state index is 4.40. The lowest BCUT2D eigenvalue weighted by Crippen LogP contribution is -2.05. The zero-order valence-electron chi connectivity index (χ0n) is 10.5. The molecule has 0 aliphatic rings. The van der Waals surface area contributed by atoms with E-state index in [1.807, 2.05) is 52.8 Å². The van der Waals surface area contributed by atoms with Gasteiger partial charge in [-0.1, -0.05) is 18.2 Å². The molecule has 0 saturated heterocycles. The molecule has 5 heteroatoms. The van der Waals surface area contributed by atoms with Crippen LogP contribution in [0.15, 0.2) is 54.3 Å². The van der Waals surface area contributed by atoms with Gasteiger partial charge in [-0.05, 0) is 19.1 Å². The van der Waals surface area contributed by atoms with Crippen molar-refractivity contribution in [2.45, 2.75) is 13.0 Å². The van der Waals surface area contributed by atoms with E-state index in [-0.39, 0.29) is 6.04 Å². The van der Waals surface area contributed by atoms with E-state index < -0.39 is 0 Å². The second kappa shape index (κ2) is 5.24. The number of hydrogen-bond donors (Lipinski definition) is 1. The number of benzene rings is 1. The Morgan fingerprint density at radius 3 is 2.84 bits per heavy atom. The molecule has 1 N–H and O–H groups in total. The molecule has 0 radical (unpaired) electrons. The lowest BCUT2D eigenvalue weighted by atomic mass is 10.2. The van der Waals surface area contributed by atoms with Crippen molar-refractivity contribution in [2.24, 2.45) is 0 Å². The molecule has 96 valence electrons. The Bertz CT molecular complexity index is 631. The summed E-state index contributed by atoms with van der Waals surface area (Å²) in [6.07, 6.45) is 5.73. The SMILES string of the molecule is CC(Nc1nccs1)c1cnn(-c2ccccc2)c1. The Hall–Kier alpha value is -2.14. The van der Waals surface area contributed by atoms with Crippen molar-refractivity contribution < 1.29 is 0 Å². The van der Waals surface area contributed by atoms with Crippen LogP contribution in [0.1, 0.15) is 18.5 Å². The third kappa shape index (κ3) is 2.66. The number of rotatable bonds is 4. The van der Waals surface area contributed by atoms with Crippen LogP contribution in [0.2, 0.25) is 0 Å². The topological polar surface area (TPSA) is 42.7 Å². The lowest BCUT2D eigenvalue weighted by Gasteiger charge is -2.10. The minimum atomic E-state index is 0.184. The highest BCUT2D eigenvalue weighted by Gasteiger charge is 2.09. The van der Waals surface area contributed by atoms with E-state index in [0.29, 0.717) is 0 Å². The normalized spacial score (nSPS) is 12.3. The molecule has 0 saturated carbocycles. The summed E-state index contributed by atoms with van der Waals surface area (Å²) in [5, 5.41) is 10.6. The van der Waals surface area contributed by atoms with Gasteiger partial charge < -0.3 is 5.32 Å². The molecule has 0 spiro atoms.